The lowest BCUT2D eigenvalue weighted by atomic mass is 9.85. The van der Waals surface area contributed by atoms with E-state index < -0.39 is 23.7 Å². The number of aliphatic hydroxyl groups is 1. The van der Waals surface area contributed by atoms with Gasteiger partial charge in [0.25, 0.3) is 11.7 Å². The van der Waals surface area contributed by atoms with Crippen molar-refractivity contribution in [1.29, 1.82) is 0 Å². The Labute approximate surface area is 236 Å². The van der Waals surface area contributed by atoms with Crippen LogP contribution in [0.3, 0.4) is 0 Å². The van der Waals surface area contributed by atoms with Crippen molar-refractivity contribution in [3.05, 3.63) is 63.5 Å². The molecule has 9 heteroatoms. The van der Waals surface area contributed by atoms with Gasteiger partial charge in [0.15, 0.2) is 0 Å². The molecule has 0 spiro atoms. The molecule has 4 rings (SSSR count). The summed E-state index contributed by atoms with van der Waals surface area (Å²) < 4.78 is 10.6. The molecular formula is C31H41N3O6. The first-order valence-corrected chi connectivity index (χ1v) is 14.0. The Hall–Kier alpha value is -3.43. The average Bonchev–Trinajstić information content (AvgIpc) is 3.36. The van der Waals surface area contributed by atoms with Crippen LogP contribution in [0.2, 0.25) is 0 Å². The number of H-pyrrole nitrogens is 1. The largest absolute Gasteiger partial charge is 0.507 e. The number of nitrogens with zero attached hydrogens (tertiary/aromatic N) is 2. The van der Waals surface area contributed by atoms with Crippen molar-refractivity contribution in [2.75, 3.05) is 46.0 Å². The van der Waals surface area contributed by atoms with Gasteiger partial charge in [-0.3, -0.25) is 14.5 Å². The number of carbonyl (C=O) groups excluding carboxylic acids is 3. The summed E-state index contributed by atoms with van der Waals surface area (Å²) in [5.41, 5.74) is 3.36. The first-order chi connectivity index (χ1) is 19.0. The second-order valence-electron chi connectivity index (χ2n) is 11.5. The number of rotatable bonds is 8. The maximum Gasteiger partial charge on any atom is 0.355 e. The molecule has 2 aliphatic rings. The number of nitrogens with one attached hydrogen (secondary N) is 1. The first kappa shape index (κ1) is 29.6. The highest BCUT2D eigenvalue weighted by Crippen LogP contribution is 2.41. The van der Waals surface area contributed by atoms with Gasteiger partial charge in [-0.2, -0.15) is 0 Å². The molecule has 1 aromatic heterocycles. The third kappa shape index (κ3) is 5.86. The van der Waals surface area contributed by atoms with Crippen LogP contribution < -0.4 is 0 Å². The van der Waals surface area contributed by atoms with Crippen LogP contribution in [-0.4, -0.2) is 83.5 Å². The van der Waals surface area contributed by atoms with Gasteiger partial charge in [-0.15, -0.1) is 0 Å². The lowest BCUT2D eigenvalue weighted by molar-refractivity contribution is -0.140. The SMILES string of the molecule is CCOC(=O)c1[nH]c(C)c(/C(O)=C2\C(=O)C(=O)N(CCCN3CCOCC3)[C@H]2c2ccc(C(C)(C)C)cc2)c1C. The number of ketones is 1. The summed E-state index contributed by atoms with van der Waals surface area (Å²) in [4.78, 5) is 46.3. The van der Waals surface area contributed by atoms with Gasteiger partial charge in [-0.25, -0.2) is 4.79 Å². The van der Waals surface area contributed by atoms with Crippen molar-refractivity contribution in [2.45, 2.75) is 59.4 Å². The fourth-order valence-electron chi connectivity index (χ4n) is 5.56. The molecule has 1 amide bonds. The fraction of sp³-hybridized carbons (Fsp3) is 0.516. The number of benzene rings is 1. The maximum absolute atomic E-state index is 13.5. The van der Waals surface area contributed by atoms with E-state index in [1.54, 1.807) is 25.7 Å². The van der Waals surface area contributed by atoms with Gasteiger partial charge in [0.05, 0.1) is 31.4 Å². The molecule has 216 valence electrons. The predicted molar refractivity (Wildman–Crippen MR) is 152 cm³/mol. The number of esters is 1. The third-order valence-electron chi connectivity index (χ3n) is 7.76. The smallest absolute Gasteiger partial charge is 0.355 e. The van der Waals surface area contributed by atoms with E-state index in [0.29, 0.717) is 43.0 Å². The van der Waals surface area contributed by atoms with Crippen LogP contribution >= 0.6 is 0 Å². The standard InChI is InChI=1S/C31H41N3O6/c1-7-40-30(38)25-19(2)23(20(3)32-25)27(35)24-26(21-9-11-22(12-10-21)31(4,5)6)34(29(37)28(24)36)14-8-13-33-15-17-39-18-16-33/h9-12,26,32,35H,7-8,13-18H2,1-6H3/b27-24+/t26-/m0/s1. The van der Waals surface area contributed by atoms with Gasteiger partial charge in [0.1, 0.15) is 11.5 Å². The summed E-state index contributed by atoms with van der Waals surface area (Å²) in [5.74, 6) is -2.20. The monoisotopic (exact) mass is 551 g/mol. The molecule has 3 heterocycles. The molecule has 1 aromatic carbocycles. The van der Waals surface area contributed by atoms with E-state index in [4.69, 9.17) is 9.47 Å². The summed E-state index contributed by atoms with van der Waals surface area (Å²) in [6, 6.07) is 7.13. The average molecular weight is 552 g/mol. The van der Waals surface area contributed by atoms with Crippen LogP contribution in [0.15, 0.2) is 29.8 Å². The highest BCUT2D eigenvalue weighted by Gasteiger charge is 2.46. The van der Waals surface area contributed by atoms with Crippen molar-refractivity contribution in [1.82, 2.24) is 14.8 Å². The molecule has 0 aliphatic carbocycles. The molecule has 2 aliphatic heterocycles. The number of aromatic amines is 1. The number of aliphatic hydroxyl groups excluding tert-OH is 1. The van der Waals surface area contributed by atoms with Crippen LogP contribution in [0.5, 0.6) is 0 Å². The maximum atomic E-state index is 13.5. The Morgan fingerprint density at radius 1 is 1.10 bits per heavy atom. The number of Topliss-reactive ketones (excluding diaryl/α,β-unsaturated/α-hetero) is 1. The number of carbonyl (C=O) groups is 3. The normalized spacial score (nSPS) is 19.9. The van der Waals surface area contributed by atoms with Gasteiger partial charge >= 0.3 is 5.97 Å². The number of hydrogen-bond acceptors (Lipinski definition) is 7. The molecule has 2 N–H and O–H groups in total. The van der Waals surface area contributed by atoms with Crippen molar-refractivity contribution in [3.8, 4) is 0 Å². The van der Waals surface area contributed by atoms with Crippen molar-refractivity contribution >= 4 is 23.4 Å². The molecule has 2 saturated heterocycles. The summed E-state index contributed by atoms with van der Waals surface area (Å²) in [6.45, 7) is 15.9. The molecule has 40 heavy (non-hydrogen) atoms. The molecule has 2 fully saturated rings. The lowest BCUT2D eigenvalue weighted by Crippen LogP contribution is -2.39. The molecular weight excluding hydrogens is 510 g/mol. The van der Waals surface area contributed by atoms with Crippen molar-refractivity contribution in [2.24, 2.45) is 0 Å². The van der Waals surface area contributed by atoms with E-state index >= 15 is 0 Å². The van der Waals surface area contributed by atoms with E-state index in [1.165, 1.54) is 0 Å². The number of likely N-dealkylation sites (tertiary alicyclic amines) is 1. The van der Waals surface area contributed by atoms with Crippen LogP contribution in [0, 0.1) is 13.8 Å². The van der Waals surface area contributed by atoms with E-state index in [0.717, 1.165) is 30.8 Å². The minimum absolute atomic E-state index is 0.0282. The number of aromatic nitrogens is 1. The highest BCUT2D eigenvalue weighted by molar-refractivity contribution is 6.46. The Kier molecular flexibility index (Phi) is 8.85. The van der Waals surface area contributed by atoms with E-state index in [1.807, 2.05) is 24.3 Å². The molecule has 9 nitrogen and oxygen atoms in total. The van der Waals surface area contributed by atoms with Crippen molar-refractivity contribution < 1.29 is 29.0 Å². The van der Waals surface area contributed by atoms with Crippen LogP contribution in [0.25, 0.3) is 5.76 Å². The number of hydrogen-bond donors (Lipinski definition) is 2. The van der Waals surface area contributed by atoms with Crippen LogP contribution in [0.4, 0.5) is 0 Å². The molecule has 2 aromatic rings. The quantitative estimate of drug-likeness (QED) is 0.218. The number of morpholine rings is 1. The summed E-state index contributed by atoms with van der Waals surface area (Å²) in [5, 5.41) is 11.6. The van der Waals surface area contributed by atoms with Gasteiger partial charge in [-0.05, 0) is 49.3 Å². The van der Waals surface area contributed by atoms with Gasteiger partial charge < -0.3 is 24.5 Å². The van der Waals surface area contributed by atoms with E-state index in [2.05, 4.69) is 30.7 Å². The Bertz CT molecular complexity index is 1300. The molecule has 1 atom stereocenters. The highest BCUT2D eigenvalue weighted by atomic mass is 16.5. The second-order valence-corrected chi connectivity index (χ2v) is 11.5. The first-order valence-electron chi connectivity index (χ1n) is 14.0. The Morgan fingerprint density at radius 3 is 2.35 bits per heavy atom. The van der Waals surface area contributed by atoms with Crippen LogP contribution in [0.1, 0.15) is 78.6 Å². The van der Waals surface area contributed by atoms with Gasteiger partial charge in [-0.1, -0.05) is 45.0 Å². The number of aryl methyl sites for hydroxylation is 1. The Morgan fingerprint density at radius 2 is 1.75 bits per heavy atom. The van der Waals surface area contributed by atoms with Crippen LogP contribution in [-0.2, 0) is 24.5 Å². The Balaban J connectivity index is 1.76. The molecule has 0 bridgehead atoms. The fourth-order valence-corrected chi connectivity index (χ4v) is 5.56. The molecule has 0 unspecified atom stereocenters. The van der Waals surface area contributed by atoms with E-state index in [-0.39, 0.29) is 29.0 Å². The zero-order chi connectivity index (χ0) is 29.2. The molecule has 0 saturated carbocycles. The van der Waals surface area contributed by atoms with Gasteiger partial charge in [0, 0.05) is 37.4 Å². The van der Waals surface area contributed by atoms with E-state index in [9.17, 15) is 19.5 Å². The minimum atomic E-state index is -0.751. The summed E-state index contributed by atoms with van der Waals surface area (Å²) in [7, 11) is 0. The summed E-state index contributed by atoms with van der Waals surface area (Å²) in [6.07, 6.45) is 0.679. The predicted octanol–water partition coefficient (Wildman–Crippen LogP) is 4.25. The zero-order valence-corrected chi connectivity index (χ0v) is 24.4. The summed E-state index contributed by atoms with van der Waals surface area (Å²) >= 11 is 0. The second kappa shape index (κ2) is 12.0. The molecule has 0 radical (unpaired) electrons. The van der Waals surface area contributed by atoms with Crippen molar-refractivity contribution in [3.63, 3.8) is 0 Å². The zero-order valence-electron chi connectivity index (χ0n) is 24.4. The number of amides is 1. The lowest BCUT2D eigenvalue weighted by Gasteiger charge is -2.29. The third-order valence-corrected chi connectivity index (χ3v) is 7.76. The minimum Gasteiger partial charge on any atom is -0.507 e. The topological polar surface area (TPSA) is 112 Å². The number of ether oxygens (including phenoxy) is 2. The van der Waals surface area contributed by atoms with Gasteiger partial charge in [0.2, 0.25) is 0 Å².